The van der Waals surface area contributed by atoms with Crippen LogP contribution >= 0.6 is 23.2 Å². The molecule has 0 heterocycles. The first kappa shape index (κ1) is 17.5. The number of ether oxygens (including phenoxy) is 1. The molecule has 0 aromatic heterocycles. The van der Waals surface area contributed by atoms with E-state index >= 15 is 0 Å². The number of hydrogen-bond acceptors (Lipinski definition) is 4. The number of aliphatic hydroxyl groups is 2. The standard InChI is InChI=1S/C14H21Cl2NO3/c1-9(5-10(2)18)17-7-11(19)8-20-12-3-4-13(15)14(16)6-12/h3-4,6,9-11,17-19H,5,7-8H2,1-2H3. The van der Waals surface area contributed by atoms with Crippen molar-refractivity contribution in [2.45, 2.75) is 38.5 Å². The van der Waals surface area contributed by atoms with E-state index in [9.17, 15) is 10.2 Å². The summed E-state index contributed by atoms with van der Waals surface area (Å²) in [4.78, 5) is 0. The molecule has 20 heavy (non-hydrogen) atoms. The Labute approximate surface area is 129 Å². The Morgan fingerprint density at radius 3 is 2.50 bits per heavy atom. The minimum absolute atomic E-state index is 0.134. The number of benzene rings is 1. The molecule has 0 saturated carbocycles. The van der Waals surface area contributed by atoms with Crippen LogP contribution in [0.15, 0.2) is 18.2 Å². The molecule has 0 spiro atoms. The minimum Gasteiger partial charge on any atom is -0.491 e. The highest BCUT2D eigenvalue weighted by molar-refractivity contribution is 6.42. The summed E-state index contributed by atoms with van der Waals surface area (Å²) in [7, 11) is 0. The van der Waals surface area contributed by atoms with Gasteiger partial charge < -0.3 is 20.3 Å². The molecule has 1 aromatic rings. The molecular weight excluding hydrogens is 301 g/mol. The summed E-state index contributed by atoms with van der Waals surface area (Å²) in [6.45, 7) is 4.25. The molecule has 3 unspecified atom stereocenters. The van der Waals surface area contributed by atoms with Crippen LogP contribution in [-0.2, 0) is 0 Å². The molecule has 6 heteroatoms. The summed E-state index contributed by atoms with van der Waals surface area (Å²) in [5.74, 6) is 0.565. The first-order chi connectivity index (χ1) is 9.38. The zero-order chi connectivity index (χ0) is 15.1. The van der Waals surface area contributed by atoms with Crippen molar-refractivity contribution in [3.8, 4) is 5.75 Å². The van der Waals surface area contributed by atoms with Gasteiger partial charge in [-0.1, -0.05) is 23.2 Å². The summed E-state index contributed by atoms with van der Waals surface area (Å²) >= 11 is 11.7. The maximum absolute atomic E-state index is 9.81. The van der Waals surface area contributed by atoms with Gasteiger partial charge in [0.25, 0.3) is 0 Å². The number of aliphatic hydroxyl groups excluding tert-OH is 2. The summed E-state index contributed by atoms with van der Waals surface area (Å²) in [6, 6.07) is 5.09. The van der Waals surface area contributed by atoms with Crippen LogP contribution in [0, 0.1) is 0 Å². The SMILES string of the molecule is CC(O)CC(C)NCC(O)COc1ccc(Cl)c(Cl)c1. The number of nitrogens with one attached hydrogen (secondary N) is 1. The van der Waals surface area contributed by atoms with Crippen molar-refractivity contribution in [1.29, 1.82) is 0 Å². The largest absolute Gasteiger partial charge is 0.491 e. The fourth-order valence-corrected chi connectivity index (χ4v) is 2.04. The summed E-state index contributed by atoms with van der Waals surface area (Å²) in [6.07, 6.45) is -0.358. The lowest BCUT2D eigenvalue weighted by molar-refractivity contribution is 0.100. The second-order valence-electron chi connectivity index (χ2n) is 4.93. The van der Waals surface area contributed by atoms with Crippen LogP contribution in [0.5, 0.6) is 5.75 Å². The van der Waals surface area contributed by atoms with Crippen LogP contribution in [0.1, 0.15) is 20.3 Å². The van der Waals surface area contributed by atoms with Gasteiger partial charge in [-0.2, -0.15) is 0 Å². The second kappa shape index (κ2) is 8.70. The maximum atomic E-state index is 9.81. The van der Waals surface area contributed by atoms with E-state index in [2.05, 4.69) is 5.32 Å². The first-order valence-corrected chi connectivity index (χ1v) is 7.31. The Morgan fingerprint density at radius 1 is 1.20 bits per heavy atom. The first-order valence-electron chi connectivity index (χ1n) is 6.56. The fraction of sp³-hybridized carbons (Fsp3) is 0.571. The minimum atomic E-state index is -0.638. The highest BCUT2D eigenvalue weighted by Crippen LogP contribution is 2.26. The van der Waals surface area contributed by atoms with Gasteiger partial charge in [-0.3, -0.25) is 0 Å². The topological polar surface area (TPSA) is 61.7 Å². The lowest BCUT2D eigenvalue weighted by atomic mass is 10.1. The van der Waals surface area contributed by atoms with Crippen molar-refractivity contribution in [3.05, 3.63) is 28.2 Å². The van der Waals surface area contributed by atoms with Gasteiger partial charge >= 0.3 is 0 Å². The molecule has 1 rings (SSSR count). The van der Waals surface area contributed by atoms with E-state index in [1.54, 1.807) is 25.1 Å². The number of hydrogen-bond donors (Lipinski definition) is 3. The van der Waals surface area contributed by atoms with E-state index in [4.69, 9.17) is 27.9 Å². The zero-order valence-electron chi connectivity index (χ0n) is 11.6. The highest BCUT2D eigenvalue weighted by atomic mass is 35.5. The third kappa shape index (κ3) is 6.77. The average Bonchev–Trinajstić information content (AvgIpc) is 2.37. The molecule has 3 atom stereocenters. The summed E-state index contributed by atoms with van der Waals surface area (Å²) < 4.78 is 5.43. The number of rotatable bonds is 8. The van der Waals surface area contributed by atoms with E-state index in [0.29, 0.717) is 28.8 Å². The van der Waals surface area contributed by atoms with Crippen molar-refractivity contribution in [1.82, 2.24) is 5.32 Å². The van der Waals surface area contributed by atoms with Crippen LogP contribution in [0.25, 0.3) is 0 Å². The quantitative estimate of drug-likeness (QED) is 0.688. The molecule has 0 bridgehead atoms. The van der Waals surface area contributed by atoms with Crippen molar-refractivity contribution in [2.75, 3.05) is 13.2 Å². The Kier molecular flexibility index (Phi) is 7.62. The van der Waals surface area contributed by atoms with Crippen molar-refractivity contribution in [2.24, 2.45) is 0 Å². The van der Waals surface area contributed by atoms with Gasteiger partial charge in [0.15, 0.2) is 0 Å². The lowest BCUT2D eigenvalue weighted by Crippen LogP contribution is -2.37. The van der Waals surface area contributed by atoms with Gasteiger partial charge in [0, 0.05) is 18.7 Å². The molecule has 3 N–H and O–H groups in total. The number of halogens is 2. The molecule has 4 nitrogen and oxygen atoms in total. The van der Waals surface area contributed by atoms with Gasteiger partial charge in [0.05, 0.1) is 16.1 Å². The third-order valence-electron chi connectivity index (χ3n) is 2.73. The third-order valence-corrected chi connectivity index (χ3v) is 3.47. The molecule has 0 amide bonds. The maximum Gasteiger partial charge on any atom is 0.121 e. The van der Waals surface area contributed by atoms with Crippen molar-refractivity contribution >= 4 is 23.2 Å². The molecule has 0 saturated heterocycles. The highest BCUT2D eigenvalue weighted by Gasteiger charge is 2.10. The van der Waals surface area contributed by atoms with Crippen LogP contribution in [-0.4, -0.2) is 41.6 Å². The van der Waals surface area contributed by atoms with Gasteiger partial charge in [-0.05, 0) is 32.4 Å². The van der Waals surface area contributed by atoms with E-state index in [1.807, 2.05) is 6.92 Å². The summed E-state index contributed by atoms with van der Waals surface area (Å²) in [5, 5.41) is 23.1. The normalized spacial score (nSPS) is 15.7. The molecule has 1 aromatic carbocycles. The Bertz CT molecular complexity index is 415. The van der Waals surface area contributed by atoms with E-state index < -0.39 is 6.10 Å². The average molecular weight is 322 g/mol. The van der Waals surface area contributed by atoms with Gasteiger partial charge in [-0.15, -0.1) is 0 Å². The van der Waals surface area contributed by atoms with E-state index in [-0.39, 0.29) is 18.8 Å². The van der Waals surface area contributed by atoms with Gasteiger partial charge in [0.1, 0.15) is 18.5 Å². The zero-order valence-corrected chi connectivity index (χ0v) is 13.2. The van der Waals surface area contributed by atoms with E-state index in [1.165, 1.54) is 0 Å². The molecule has 0 aliphatic carbocycles. The fourth-order valence-electron chi connectivity index (χ4n) is 1.75. The molecule has 114 valence electrons. The molecule has 0 aliphatic rings. The van der Waals surface area contributed by atoms with Crippen LogP contribution in [0.4, 0.5) is 0 Å². The van der Waals surface area contributed by atoms with Crippen LogP contribution in [0.3, 0.4) is 0 Å². The smallest absolute Gasteiger partial charge is 0.121 e. The molecule has 0 aliphatic heterocycles. The Hall–Kier alpha value is -0.520. The van der Waals surface area contributed by atoms with E-state index in [0.717, 1.165) is 0 Å². The van der Waals surface area contributed by atoms with Crippen molar-refractivity contribution in [3.63, 3.8) is 0 Å². The Morgan fingerprint density at radius 2 is 1.90 bits per heavy atom. The molecule has 0 radical (unpaired) electrons. The second-order valence-corrected chi connectivity index (χ2v) is 5.75. The predicted molar refractivity (Wildman–Crippen MR) is 81.7 cm³/mol. The van der Waals surface area contributed by atoms with Crippen LogP contribution < -0.4 is 10.1 Å². The lowest BCUT2D eigenvalue weighted by Gasteiger charge is -2.18. The van der Waals surface area contributed by atoms with Crippen LogP contribution in [0.2, 0.25) is 10.0 Å². The summed E-state index contributed by atoms with van der Waals surface area (Å²) in [5.41, 5.74) is 0. The van der Waals surface area contributed by atoms with Gasteiger partial charge in [-0.25, -0.2) is 0 Å². The van der Waals surface area contributed by atoms with Crippen molar-refractivity contribution < 1.29 is 14.9 Å². The monoisotopic (exact) mass is 321 g/mol. The Balaban J connectivity index is 2.28. The predicted octanol–water partition coefficient (Wildman–Crippen LogP) is 2.48. The van der Waals surface area contributed by atoms with Gasteiger partial charge in [0.2, 0.25) is 0 Å². The molecule has 0 fully saturated rings. The molecular formula is C14H21Cl2NO3.